The highest BCUT2D eigenvalue weighted by molar-refractivity contribution is 5.88. The van der Waals surface area contributed by atoms with Crippen LogP contribution in [0.2, 0.25) is 0 Å². The van der Waals surface area contributed by atoms with Gasteiger partial charge in [0.1, 0.15) is 0 Å². The summed E-state index contributed by atoms with van der Waals surface area (Å²) in [5.41, 5.74) is -0.787. The summed E-state index contributed by atoms with van der Waals surface area (Å²) in [7, 11) is 0. The van der Waals surface area contributed by atoms with Crippen molar-refractivity contribution in [2.45, 2.75) is 44.1 Å². The number of rotatable bonds is 23. The quantitative estimate of drug-likeness (QED) is 0.122. The Morgan fingerprint density at radius 2 is 1.00 bits per heavy atom. The van der Waals surface area contributed by atoms with Crippen LogP contribution in [0.25, 0.3) is 0 Å². The van der Waals surface area contributed by atoms with Crippen LogP contribution in [0.3, 0.4) is 0 Å². The maximum atomic E-state index is 12.2. The highest BCUT2D eigenvalue weighted by Gasteiger charge is 2.32. The van der Waals surface area contributed by atoms with Crippen molar-refractivity contribution in [1.29, 1.82) is 0 Å². The van der Waals surface area contributed by atoms with Gasteiger partial charge in [-0.2, -0.15) is 0 Å². The van der Waals surface area contributed by atoms with Crippen molar-refractivity contribution in [3.8, 4) is 0 Å². The van der Waals surface area contributed by atoms with E-state index < -0.39 is 5.54 Å². The van der Waals surface area contributed by atoms with E-state index >= 15 is 0 Å². The molecular formula is C26H42N4O6. The fourth-order valence-electron chi connectivity index (χ4n) is 3.13. The first-order chi connectivity index (χ1) is 17.3. The second kappa shape index (κ2) is 21.1. The number of ether oxygens (including phenoxy) is 2. The summed E-state index contributed by atoms with van der Waals surface area (Å²) in [6.07, 6.45) is 8.99. The molecule has 0 fully saturated rings. The third-order valence-electron chi connectivity index (χ3n) is 5.05. The number of unbranched alkanes of at least 4 members (excludes halogenated alkanes) is 2. The van der Waals surface area contributed by atoms with E-state index in [0.717, 1.165) is 19.3 Å². The third-order valence-corrected chi connectivity index (χ3v) is 5.05. The van der Waals surface area contributed by atoms with Crippen molar-refractivity contribution in [2.24, 2.45) is 0 Å². The lowest BCUT2D eigenvalue weighted by Gasteiger charge is -2.34. The van der Waals surface area contributed by atoms with Gasteiger partial charge in [-0.1, -0.05) is 39.2 Å². The highest BCUT2D eigenvalue weighted by Crippen LogP contribution is 2.18. The fraction of sp³-hybridized carbons (Fsp3) is 0.538. The van der Waals surface area contributed by atoms with Crippen molar-refractivity contribution < 1.29 is 28.7 Å². The van der Waals surface area contributed by atoms with Crippen LogP contribution in [0, 0.1) is 0 Å². The zero-order chi connectivity index (χ0) is 27.1. The first-order valence-corrected chi connectivity index (χ1v) is 12.1. The van der Waals surface area contributed by atoms with Crippen LogP contribution in [-0.2, 0) is 28.7 Å². The molecule has 0 aliphatic carbocycles. The molecule has 202 valence electrons. The monoisotopic (exact) mass is 506 g/mol. The van der Waals surface area contributed by atoms with E-state index in [1.807, 2.05) is 0 Å². The number of hydrogen-bond acceptors (Lipinski definition) is 6. The maximum absolute atomic E-state index is 12.2. The Kier molecular flexibility index (Phi) is 19.2. The predicted molar refractivity (Wildman–Crippen MR) is 140 cm³/mol. The van der Waals surface area contributed by atoms with Gasteiger partial charge in [-0.25, -0.2) is 0 Å². The van der Waals surface area contributed by atoms with Gasteiger partial charge >= 0.3 is 0 Å². The number of hydrogen-bond donors (Lipinski definition) is 4. The fourth-order valence-corrected chi connectivity index (χ4v) is 3.13. The van der Waals surface area contributed by atoms with Gasteiger partial charge in [0.05, 0.1) is 18.8 Å². The Morgan fingerprint density at radius 1 is 0.583 bits per heavy atom. The van der Waals surface area contributed by atoms with E-state index in [1.54, 1.807) is 0 Å². The molecular weight excluding hydrogens is 464 g/mol. The molecule has 0 aliphatic rings. The molecule has 0 aromatic carbocycles. The van der Waals surface area contributed by atoms with Gasteiger partial charge in [0, 0.05) is 32.8 Å². The molecule has 0 saturated heterocycles. The second-order valence-corrected chi connectivity index (χ2v) is 8.08. The lowest BCUT2D eigenvalue weighted by molar-refractivity contribution is -0.121. The molecule has 0 rings (SSSR count). The molecule has 0 heterocycles. The Balaban J connectivity index is 4.93. The average Bonchev–Trinajstić information content (AvgIpc) is 2.89. The van der Waals surface area contributed by atoms with Gasteiger partial charge in [0.25, 0.3) is 0 Å². The van der Waals surface area contributed by atoms with Crippen LogP contribution in [0.1, 0.15) is 38.5 Å². The van der Waals surface area contributed by atoms with E-state index in [4.69, 9.17) is 9.47 Å². The SMILES string of the molecule is C=CC(=O)NCCCCCC(COCCCNC(=O)C=C)(COCCCNC(=O)C=C)NC(=O)C=C. The Bertz CT molecular complexity index is 659. The van der Waals surface area contributed by atoms with Crippen LogP contribution in [0.15, 0.2) is 50.6 Å². The average molecular weight is 507 g/mol. The molecule has 0 radical (unpaired) electrons. The van der Waals surface area contributed by atoms with Crippen LogP contribution >= 0.6 is 0 Å². The summed E-state index contributed by atoms with van der Waals surface area (Å²) in [6.45, 7) is 16.4. The molecule has 0 aromatic heterocycles. The predicted octanol–water partition coefficient (Wildman–Crippen LogP) is 1.31. The van der Waals surface area contributed by atoms with Gasteiger partial charge in [-0.3, -0.25) is 19.2 Å². The molecule has 0 unspecified atom stereocenters. The zero-order valence-electron chi connectivity index (χ0n) is 21.3. The minimum Gasteiger partial charge on any atom is -0.379 e. The number of amides is 4. The molecule has 10 nitrogen and oxygen atoms in total. The van der Waals surface area contributed by atoms with Crippen molar-refractivity contribution in [3.63, 3.8) is 0 Å². The van der Waals surface area contributed by atoms with E-state index in [0.29, 0.717) is 52.1 Å². The number of nitrogens with one attached hydrogen (secondary N) is 4. The van der Waals surface area contributed by atoms with E-state index in [1.165, 1.54) is 24.3 Å². The molecule has 4 N–H and O–H groups in total. The Morgan fingerprint density at radius 3 is 1.42 bits per heavy atom. The minimum atomic E-state index is -0.787. The van der Waals surface area contributed by atoms with Gasteiger partial charge < -0.3 is 30.7 Å². The number of carbonyl (C=O) groups excluding carboxylic acids is 4. The van der Waals surface area contributed by atoms with Gasteiger partial charge in [-0.15, -0.1) is 0 Å². The molecule has 10 heteroatoms. The van der Waals surface area contributed by atoms with Crippen molar-refractivity contribution in [1.82, 2.24) is 21.3 Å². The van der Waals surface area contributed by atoms with Crippen molar-refractivity contribution in [2.75, 3.05) is 46.1 Å². The molecule has 0 spiro atoms. The second-order valence-electron chi connectivity index (χ2n) is 8.08. The van der Waals surface area contributed by atoms with E-state index in [2.05, 4.69) is 47.6 Å². The first kappa shape index (κ1) is 32.8. The lowest BCUT2D eigenvalue weighted by Crippen LogP contribution is -2.55. The minimum absolute atomic E-state index is 0.210. The maximum Gasteiger partial charge on any atom is 0.243 e. The smallest absolute Gasteiger partial charge is 0.243 e. The van der Waals surface area contributed by atoms with Crippen LogP contribution < -0.4 is 21.3 Å². The zero-order valence-corrected chi connectivity index (χ0v) is 21.3. The van der Waals surface area contributed by atoms with Gasteiger partial charge in [0.2, 0.25) is 23.6 Å². The summed E-state index contributed by atoms with van der Waals surface area (Å²) in [5, 5.41) is 11.1. The Hall–Kier alpha value is -3.24. The largest absolute Gasteiger partial charge is 0.379 e. The van der Waals surface area contributed by atoms with Crippen molar-refractivity contribution >= 4 is 23.6 Å². The Labute approximate surface area is 214 Å². The molecule has 36 heavy (non-hydrogen) atoms. The van der Waals surface area contributed by atoms with Crippen LogP contribution in [0.4, 0.5) is 0 Å². The van der Waals surface area contributed by atoms with E-state index in [9.17, 15) is 19.2 Å². The molecule has 0 aliphatic heterocycles. The van der Waals surface area contributed by atoms with Crippen LogP contribution in [-0.4, -0.2) is 75.2 Å². The summed E-state index contributed by atoms with van der Waals surface area (Å²) in [5.74, 6) is -1.04. The molecule has 0 saturated carbocycles. The summed E-state index contributed by atoms with van der Waals surface area (Å²) in [6, 6.07) is 0. The molecule has 0 aromatic rings. The summed E-state index contributed by atoms with van der Waals surface area (Å²) >= 11 is 0. The topological polar surface area (TPSA) is 135 Å². The van der Waals surface area contributed by atoms with E-state index in [-0.39, 0.29) is 36.8 Å². The van der Waals surface area contributed by atoms with Gasteiger partial charge in [0.15, 0.2) is 0 Å². The third kappa shape index (κ3) is 17.2. The molecule has 4 amide bonds. The molecule has 0 bridgehead atoms. The highest BCUT2D eigenvalue weighted by atomic mass is 16.5. The van der Waals surface area contributed by atoms with Crippen molar-refractivity contribution in [3.05, 3.63) is 50.6 Å². The van der Waals surface area contributed by atoms with Gasteiger partial charge in [-0.05, 0) is 50.0 Å². The standard InChI is InChI=1S/C26H42N4O6/c1-5-22(31)27-15-11-9-10-14-26(30-25(34)8-4,20-35-18-12-16-28-23(32)6-2)21-36-19-13-17-29-24(33)7-3/h5-8H,1-4,9-21H2,(H,27,31)(H,28,32)(H,29,33)(H,30,34). The normalized spacial score (nSPS) is 10.6. The lowest BCUT2D eigenvalue weighted by atomic mass is 9.93. The van der Waals surface area contributed by atoms with Crippen LogP contribution in [0.5, 0.6) is 0 Å². The summed E-state index contributed by atoms with van der Waals surface area (Å²) < 4.78 is 11.7. The summed E-state index contributed by atoms with van der Waals surface area (Å²) in [4.78, 5) is 46.0. The molecule has 0 atom stereocenters. The first-order valence-electron chi connectivity index (χ1n) is 12.1. The number of carbonyl (C=O) groups is 4.